The van der Waals surface area contributed by atoms with Crippen molar-refractivity contribution in [2.24, 2.45) is 5.14 Å². The van der Waals surface area contributed by atoms with Gasteiger partial charge < -0.3 is 4.98 Å². The molecule has 0 saturated carbocycles. The lowest BCUT2D eigenvalue weighted by molar-refractivity contribution is -0.140. The zero-order chi connectivity index (χ0) is 19.1. The van der Waals surface area contributed by atoms with E-state index in [0.29, 0.717) is 11.3 Å². The summed E-state index contributed by atoms with van der Waals surface area (Å²) >= 11 is 0. The molecule has 136 valence electrons. The molecule has 3 aromatic rings. The zero-order valence-corrected chi connectivity index (χ0v) is 14.2. The van der Waals surface area contributed by atoms with Crippen molar-refractivity contribution in [3.05, 3.63) is 54.0 Å². The van der Waals surface area contributed by atoms with Gasteiger partial charge in [-0.15, -0.1) is 0 Å². The summed E-state index contributed by atoms with van der Waals surface area (Å²) in [6, 6.07) is 7.96. The molecule has 2 aromatic heterocycles. The van der Waals surface area contributed by atoms with Crippen molar-refractivity contribution >= 4 is 10.0 Å². The number of sulfonamides is 1. The monoisotopic (exact) mass is 382 g/mol. The summed E-state index contributed by atoms with van der Waals surface area (Å²) in [5, 5.41) is 5.01. The van der Waals surface area contributed by atoms with E-state index in [0.717, 1.165) is 12.1 Å². The Bertz CT molecular complexity index is 1060. The average molecular weight is 382 g/mol. The normalized spacial score (nSPS) is 12.3. The highest BCUT2D eigenvalue weighted by atomic mass is 32.2. The number of imidazole rings is 1. The highest BCUT2D eigenvalue weighted by Crippen LogP contribution is 2.37. The average Bonchev–Trinajstić information content (AvgIpc) is 3.00. The summed E-state index contributed by atoms with van der Waals surface area (Å²) in [7, 11) is -3.94. The number of nitrogens with two attached hydrogens (primary N) is 1. The Morgan fingerprint density at radius 1 is 1.12 bits per heavy atom. The lowest BCUT2D eigenvalue weighted by atomic mass is 10.1. The smallest absolute Gasteiger partial charge is 0.337 e. The topological polar surface area (TPSA) is 102 Å². The lowest BCUT2D eigenvalue weighted by Crippen LogP contribution is -2.12. The zero-order valence-electron chi connectivity index (χ0n) is 13.4. The molecule has 0 aliphatic heterocycles. The molecule has 10 heteroatoms. The molecule has 0 atom stereocenters. The number of pyridine rings is 1. The second-order valence-corrected chi connectivity index (χ2v) is 7.07. The largest absolute Gasteiger partial charge is 0.435 e. The number of nitrogens with one attached hydrogen (secondary N) is 1. The fourth-order valence-corrected chi connectivity index (χ4v) is 2.98. The van der Waals surface area contributed by atoms with Gasteiger partial charge in [-0.3, -0.25) is 4.98 Å². The van der Waals surface area contributed by atoms with Crippen molar-refractivity contribution in [3.63, 3.8) is 0 Å². The highest BCUT2D eigenvalue weighted by molar-refractivity contribution is 7.89. The van der Waals surface area contributed by atoms with Gasteiger partial charge in [0.05, 0.1) is 10.6 Å². The molecule has 26 heavy (non-hydrogen) atoms. The van der Waals surface area contributed by atoms with Gasteiger partial charge in [-0.25, -0.2) is 18.5 Å². The maximum absolute atomic E-state index is 13.4. The van der Waals surface area contributed by atoms with Gasteiger partial charge in [0, 0.05) is 23.0 Å². The lowest BCUT2D eigenvalue weighted by Gasteiger charge is -2.07. The highest BCUT2D eigenvalue weighted by Gasteiger charge is 2.38. The van der Waals surface area contributed by atoms with Gasteiger partial charge in [0.2, 0.25) is 10.0 Å². The number of hydrogen-bond donors (Lipinski definition) is 2. The Morgan fingerprint density at radius 3 is 2.31 bits per heavy atom. The van der Waals surface area contributed by atoms with Crippen LogP contribution in [-0.4, -0.2) is 23.4 Å². The third-order valence-corrected chi connectivity index (χ3v) is 4.64. The van der Waals surface area contributed by atoms with Gasteiger partial charge in [-0.2, -0.15) is 13.2 Å². The SMILES string of the molecule is Cc1ncccc1-c1nc(C(F)(F)F)c(-c2ccc(S(N)(=O)=O)cc2)[nH]1. The second kappa shape index (κ2) is 6.22. The van der Waals surface area contributed by atoms with E-state index in [4.69, 9.17) is 5.14 Å². The number of aryl methyl sites for hydroxylation is 1. The molecule has 0 radical (unpaired) electrons. The molecule has 2 heterocycles. The number of H-pyrrole nitrogens is 1. The molecule has 1 aromatic carbocycles. The van der Waals surface area contributed by atoms with Crippen LogP contribution >= 0.6 is 0 Å². The fraction of sp³-hybridized carbons (Fsp3) is 0.125. The number of rotatable bonds is 3. The first-order valence-corrected chi connectivity index (χ1v) is 8.84. The summed E-state index contributed by atoms with van der Waals surface area (Å²) < 4.78 is 62.9. The number of alkyl halides is 3. The minimum Gasteiger partial charge on any atom is -0.337 e. The molecule has 0 saturated heterocycles. The molecule has 0 aliphatic carbocycles. The van der Waals surface area contributed by atoms with E-state index in [1.54, 1.807) is 19.1 Å². The molecule has 6 nitrogen and oxygen atoms in total. The van der Waals surface area contributed by atoms with Crippen molar-refractivity contribution in [1.82, 2.24) is 15.0 Å². The molecule has 0 aliphatic rings. The van der Waals surface area contributed by atoms with Crippen LogP contribution in [0, 0.1) is 6.92 Å². The number of aromatic amines is 1. The Hall–Kier alpha value is -2.72. The molecular formula is C16H13F3N4O2S. The van der Waals surface area contributed by atoms with Crippen molar-refractivity contribution in [3.8, 4) is 22.6 Å². The van der Waals surface area contributed by atoms with Crippen LogP contribution in [0.15, 0.2) is 47.5 Å². The standard InChI is InChI=1S/C16H13F3N4O2S/c1-9-12(3-2-8-21-9)15-22-13(14(23-15)16(17,18)19)10-4-6-11(7-5-10)26(20,24)25/h2-8H,1H3,(H,22,23)(H2,20,24,25). The quantitative estimate of drug-likeness (QED) is 0.727. The number of primary sulfonamides is 1. The fourth-order valence-electron chi connectivity index (χ4n) is 2.46. The predicted molar refractivity (Wildman–Crippen MR) is 88.4 cm³/mol. The Kier molecular flexibility index (Phi) is 4.32. The number of nitrogens with zero attached hydrogens (tertiary/aromatic N) is 2. The summed E-state index contributed by atoms with van der Waals surface area (Å²) in [5.41, 5.74) is -0.280. The van der Waals surface area contributed by atoms with E-state index < -0.39 is 21.9 Å². The maximum atomic E-state index is 13.4. The first-order valence-electron chi connectivity index (χ1n) is 7.30. The minimum atomic E-state index is -4.70. The molecule has 0 fully saturated rings. The van der Waals surface area contributed by atoms with E-state index in [9.17, 15) is 21.6 Å². The van der Waals surface area contributed by atoms with Crippen LogP contribution in [0.1, 0.15) is 11.4 Å². The summed E-state index contributed by atoms with van der Waals surface area (Å²) in [6.45, 7) is 1.66. The van der Waals surface area contributed by atoms with Gasteiger partial charge >= 0.3 is 6.18 Å². The van der Waals surface area contributed by atoms with Crippen molar-refractivity contribution in [2.45, 2.75) is 18.0 Å². The Balaban J connectivity index is 2.16. The van der Waals surface area contributed by atoms with Crippen LogP contribution in [0.25, 0.3) is 22.6 Å². The number of benzene rings is 1. The molecule has 0 amide bonds. The second-order valence-electron chi connectivity index (χ2n) is 5.51. The number of halogens is 3. The van der Waals surface area contributed by atoms with Crippen molar-refractivity contribution in [2.75, 3.05) is 0 Å². The van der Waals surface area contributed by atoms with Crippen molar-refractivity contribution in [1.29, 1.82) is 0 Å². The van der Waals surface area contributed by atoms with Gasteiger partial charge in [0.15, 0.2) is 5.69 Å². The Morgan fingerprint density at radius 2 is 1.77 bits per heavy atom. The first-order chi connectivity index (χ1) is 12.1. The molecule has 3 N–H and O–H groups in total. The van der Waals surface area contributed by atoms with Gasteiger partial charge in [0.25, 0.3) is 0 Å². The third-order valence-electron chi connectivity index (χ3n) is 3.71. The van der Waals surface area contributed by atoms with Gasteiger partial charge in [0.1, 0.15) is 5.82 Å². The number of aromatic nitrogens is 3. The van der Waals surface area contributed by atoms with Crippen LogP contribution < -0.4 is 5.14 Å². The number of hydrogen-bond acceptors (Lipinski definition) is 4. The summed E-state index contributed by atoms with van der Waals surface area (Å²) in [4.78, 5) is 10.2. The van der Waals surface area contributed by atoms with Crippen LogP contribution in [0.5, 0.6) is 0 Å². The van der Waals surface area contributed by atoms with Crippen LogP contribution in [0.4, 0.5) is 13.2 Å². The van der Waals surface area contributed by atoms with Crippen LogP contribution in [0.2, 0.25) is 0 Å². The molecule has 0 unspecified atom stereocenters. The molecule has 3 rings (SSSR count). The van der Waals surface area contributed by atoms with E-state index in [1.165, 1.54) is 18.3 Å². The van der Waals surface area contributed by atoms with E-state index >= 15 is 0 Å². The molecule has 0 spiro atoms. The maximum Gasteiger partial charge on any atom is 0.435 e. The molecule has 0 bridgehead atoms. The first kappa shape index (κ1) is 18.1. The van der Waals surface area contributed by atoms with Gasteiger partial charge in [-0.05, 0) is 31.2 Å². The van der Waals surface area contributed by atoms with Gasteiger partial charge in [-0.1, -0.05) is 12.1 Å². The predicted octanol–water partition coefficient (Wildman–Crippen LogP) is 3.11. The van der Waals surface area contributed by atoms with E-state index in [2.05, 4.69) is 15.0 Å². The van der Waals surface area contributed by atoms with Crippen molar-refractivity contribution < 1.29 is 21.6 Å². The van der Waals surface area contributed by atoms with Crippen LogP contribution in [-0.2, 0) is 16.2 Å². The summed E-state index contributed by atoms with van der Waals surface area (Å²) in [5.74, 6) is 0.0217. The minimum absolute atomic E-state index is 0.0217. The van der Waals surface area contributed by atoms with E-state index in [1.807, 2.05) is 0 Å². The summed E-state index contributed by atoms with van der Waals surface area (Å²) in [6.07, 6.45) is -3.17. The van der Waals surface area contributed by atoms with E-state index in [-0.39, 0.29) is 22.0 Å². The Labute approximate surface area is 147 Å². The molecular weight excluding hydrogens is 369 g/mol. The third kappa shape index (κ3) is 3.46. The van der Waals surface area contributed by atoms with Crippen LogP contribution in [0.3, 0.4) is 0 Å².